The van der Waals surface area contributed by atoms with Gasteiger partial charge in [0, 0.05) is 5.69 Å². The van der Waals surface area contributed by atoms with Crippen LogP contribution in [0.1, 0.15) is 20.3 Å². The molecule has 0 bridgehead atoms. The Morgan fingerprint density at radius 1 is 1.37 bits per heavy atom. The quantitative estimate of drug-likeness (QED) is 0.795. The number of anilines is 1. The van der Waals surface area contributed by atoms with Crippen molar-refractivity contribution in [3.8, 4) is 0 Å². The van der Waals surface area contributed by atoms with Crippen LogP contribution < -0.4 is 11.1 Å². The summed E-state index contributed by atoms with van der Waals surface area (Å²) in [6.07, 6.45) is 0.665. The van der Waals surface area contributed by atoms with Gasteiger partial charge in [-0.3, -0.25) is 4.79 Å². The number of nitrogens with two attached hydrogens (primary N) is 1. The fourth-order valence-electron chi connectivity index (χ4n) is 1.77. The van der Waals surface area contributed by atoms with E-state index >= 15 is 0 Å². The number of nitrogens with one attached hydrogen (secondary N) is 2. The molecular weight excluding hydrogens is 266 g/mol. The van der Waals surface area contributed by atoms with Gasteiger partial charge in [-0.05, 0) is 30.5 Å². The molecular formula is C12H18ClN5O. The fraction of sp³-hybridized carbons (Fsp3) is 0.417. The van der Waals surface area contributed by atoms with Crippen molar-refractivity contribution in [1.82, 2.24) is 15.4 Å². The highest BCUT2D eigenvalue weighted by atomic mass is 35.5. The Labute approximate surface area is 117 Å². The van der Waals surface area contributed by atoms with Crippen LogP contribution in [-0.4, -0.2) is 27.4 Å². The lowest BCUT2D eigenvalue weighted by atomic mass is 10.0. The van der Waals surface area contributed by atoms with E-state index in [4.69, 9.17) is 5.73 Å². The molecule has 2 rings (SSSR count). The molecule has 1 atom stereocenters. The maximum Gasteiger partial charge on any atom is 0.241 e. The van der Waals surface area contributed by atoms with Crippen LogP contribution in [0.5, 0.6) is 0 Å². The summed E-state index contributed by atoms with van der Waals surface area (Å²) in [7, 11) is 0. The van der Waals surface area contributed by atoms with E-state index in [0.29, 0.717) is 23.5 Å². The van der Waals surface area contributed by atoms with Gasteiger partial charge in [0.25, 0.3) is 0 Å². The molecule has 0 saturated carbocycles. The molecule has 6 nitrogen and oxygen atoms in total. The summed E-state index contributed by atoms with van der Waals surface area (Å²) in [5.74, 6) is 0.218. The molecule has 2 aromatic rings. The zero-order valence-corrected chi connectivity index (χ0v) is 11.7. The van der Waals surface area contributed by atoms with E-state index < -0.39 is 6.04 Å². The monoisotopic (exact) mass is 283 g/mol. The molecule has 0 saturated heterocycles. The fourth-order valence-corrected chi connectivity index (χ4v) is 1.77. The first-order chi connectivity index (χ1) is 8.56. The molecule has 1 heterocycles. The summed E-state index contributed by atoms with van der Waals surface area (Å²) in [5, 5.41) is 13.2. The molecule has 19 heavy (non-hydrogen) atoms. The second kappa shape index (κ2) is 6.49. The van der Waals surface area contributed by atoms with Gasteiger partial charge in [-0.1, -0.05) is 13.8 Å². The van der Waals surface area contributed by atoms with Gasteiger partial charge in [0.2, 0.25) is 5.91 Å². The van der Waals surface area contributed by atoms with E-state index in [-0.39, 0.29) is 18.3 Å². The number of hydrogen-bond acceptors (Lipinski definition) is 4. The minimum Gasteiger partial charge on any atom is -0.325 e. The Bertz CT molecular complexity index is 554. The van der Waals surface area contributed by atoms with E-state index in [1.807, 2.05) is 13.8 Å². The third-order valence-corrected chi connectivity index (χ3v) is 2.65. The molecule has 104 valence electrons. The zero-order chi connectivity index (χ0) is 13.1. The van der Waals surface area contributed by atoms with Crippen LogP contribution in [0.15, 0.2) is 18.2 Å². The van der Waals surface area contributed by atoms with Gasteiger partial charge in [-0.15, -0.1) is 12.4 Å². The minimum atomic E-state index is -0.488. The smallest absolute Gasteiger partial charge is 0.241 e. The normalized spacial score (nSPS) is 12.2. The molecule has 7 heteroatoms. The number of hydrogen-bond donors (Lipinski definition) is 3. The lowest BCUT2D eigenvalue weighted by Gasteiger charge is -2.14. The van der Waals surface area contributed by atoms with Crippen LogP contribution in [0.4, 0.5) is 5.69 Å². The first-order valence-electron chi connectivity index (χ1n) is 5.93. The molecule has 0 spiro atoms. The summed E-state index contributed by atoms with van der Waals surface area (Å²) < 4.78 is 0. The van der Waals surface area contributed by atoms with Crippen molar-refractivity contribution in [2.24, 2.45) is 11.7 Å². The summed E-state index contributed by atoms with van der Waals surface area (Å²) in [6.45, 7) is 4.07. The van der Waals surface area contributed by atoms with Gasteiger partial charge in [-0.25, -0.2) is 0 Å². The number of benzene rings is 1. The molecule has 0 aliphatic rings. The van der Waals surface area contributed by atoms with Crippen molar-refractivity contribution in [3.05, 3.63) is 18.2 Å². The Kier molecular flexibility index (Phi) is 5.26. The number of amides is 1. The Morgan fingerprint density at radius 3 is 2.74 bits per heavy atom. The van der Waals surface area contributed by atoms with E-state index in [0.717, 1.165) is 5.52 Å². The summed E-state index contributed by atoms with van der Waals surface area (Å²) in [6, 6.07) is 4.85. The second-order valence-electron chi connectivity index (χ2n) is 4.75. The Hall–Kier alpha value is -1.66. The lowest BCUT2D eigenvalue weighted by Crippen LogP contribution is -2.36. The number of H-pyrrole nitrogens is 1. The van der Waals surface area contributed by atoms with Crippen LogP contribution in [0.2, 0.25) is 0 Å². The summed E-state index contributed by atoms with van der Waals surface area (Å²) >= 11 is 0. The van der Waals surface area contributed by atoms with Gasteiger partial charge in [-0.2, -0.15) is 15.4 Å². The number of fused-ring (bicyclic) bond motifs is 1. The maximum absolute atomic E-state index is 11.8. The summed E-state index contributed by atoms with van der Waals surface area (Å²) in [5.41, 5.74) is 7.97. The van der Waals surface area contributed by atoms with E-state index in [9.17, 15) is 4.79 Å². The minimum absolute atomic E-state index is 0. The van der Waals surface area contributed by atoms with Crippen molar-refractivity contribution in [1.29, 1.82) is 0 Å². The number of halogens is 1. The van der Waals surface area contributed by atoms with Crippen molar-refractivity contribution in [3.63, 3.8) is 0 Å². The average Bonchev–Trinajstić information content (AvgIpc) is 2.75. The number of aromatic amines is 1. The zero-order valence-electron chi connectivity index (χ0n) is 10.9. The van der Waals surface area contributed by atoms with E-state index in [2.05, 4.69) is 20.7 Å². The highest BCUT2D eigenvalue weighted by Gasteiger charge is 2.15. The topological polar surface area (TPSA) is 96.7 Å². The number of nitrogens with zero attached hydrogens (tertiary/aromatic N) is 2. The molecule has 0 unspecified atom stereocenters. The summed E-state index contributed by atoms with van der Waals surface area (Å²) in [4.78, 5) is 11.8. The number of rotatable bonds is 4. The molecule has 0 aliphatic heterocycles. The van der Waals surface area contributed by atoms with Gasteiger partial charge in [0.1, 0.15) is 11.0 Å². The number of carbonyl (C=O) groups excluding carboxylic acids is 1. The molecule has 1 aromatic heterocycles. The molecule has 1 amide bonds. The number of aromatic nitrogens is 3. The van der Waals surface area contributed by atoms with Crippen molar-refractivity contribution in [2.45, 2.75) is 26.3 Å². The standard InChI is InChI=1S/C12H17N5O.ClH/c1-7(2)5-9(13)12(18)14-8-3-4-10-11(6-8)16-17-15-10;/h3-4,6-7,9H,5,13H2,1-2H3,(H,14,18)(H,15,16,17);1H/t9-;/m0./s1. The van der Waals surface area contributed by atoms with Gasteiger partial charge < -0.3 is 11.1 Å². The molecule has 0 radical (unpaired) electrons. The second-order valence-corrected chi connectivity index (χ2v) is 4.75. The van der Waals surface area contributed by atoms with Crippen LogP contribution in [-0.2, 0) is 4.79 Å². The number of carbonyl (C=O) groups is 1. The largest absolute Gasteiger partial charge is 0.325 e. The van der Waals surface area contributed by atoms with Gasteiger partial charge in [0.05, 0.1) is 6.04 Å². The van der Waals surface area contributed by atoms with Crippen LogP contribution >= 0.6 is 12.4 Å². The first-order valence-corrected chi connectivity index (χ1v) is 5.93. The molecule has 0 fully saturated rings. The average molecular weight is 284 g/mol. The SMILES string of the molecule is CC(C)C[C@H](N)C(=O)Nc1ccc2n[nH]nc2c1.Cl. The molecule has 4 N–H and O–H groups in total. The van der Waals surface area contributed by atoms with Gasteiger partial charge in [0.15, 0.2) is 0 Å². The maximum atomic E-state index is 11.8. The molecule has 1 aromatic carbocycles. The predicted octanol–water partition coefficient (Wildman–Crippen LogP) is 1.69. The first kappa shape index (κ1) is 15.4. The van der Waals surface area contributed by atoms with Crippen molar-refractivity contribution >= 4 is 35.0 Å². The Balaban J connectivity index is 0.00000180. The van der Waals surface area contributed by atoms with Gasteiger partial charge >= 0.3 is 0 Å². The van der Waals surface area contributed by atoms with Crippen molar-refractivity contribution in [2.75, 3.05) is 5.32 Å². The van der Waals surface area contributed by atoms with Crippen LogP contribution in [0.25, 0.3) is 11.0 Å². The predicted molar refractivity (Wildman–Crippen MR) is 77.2 cm³/mol. The molecule has 0 aliphatic carbocycles. The lowest BCUT2D eigenvalue weighted by molar-refractivity contribution is -0.117. The van der Waals surface area contributed by atoms with Crippen molar-refractivity contribution < 1.29 is 4.79 Å². The van der Waals surface area contributed by atoms with Crippen LogP contribution in [0, 0.1) is 5.92 Å². The highest BCUT2D eigenvalue weighted by Crippen LogP contribution is 2.15. The third kappa shape index (κ3) is 3.90. The Morgan fingerprint density at radius 2 is 2.05 bits per heavy atom. The third-order valence-electron chi connectivity index (χ3n) is 2.65. The van der Waals surface area contributed by atoms with Crippen LogP contribution in [0.3, 0.4) is 0 Å². The van der Waals surface area contributed by atoms with E-state index in [1.54, 1.807) is 18.2 Å². The highest BCUT2D eigenvalue weighted by molar-refractivity contribution is 5.96. The van der Waals surface area contributed by atoms with E-state index in [1.165, 1.54) is 0 Å².